The molecule has 0 aliphatic heterocycles. The van der Waals surface area contributed by atoms with E-state index in [-0.39, 0.29) is 0 Å². The molecule has 0 atom stereocenters. The molecule has 1 heterocycles. The molecule has 0 bridgehead atoms. The molecule has 62 heavy (non-hydrogen) atoms. The van der Waals surface area contributed by atoms with Crippen molar-refractivity contribution in [3.8, 4) is 44.5 Å². The van der Waals surface area contributed by atoms with Gasteiger partial charge in [0.15, 0.2) is 0 Å². The van der Waals surface area contributed by atoms with Crippen LogP contribution < -0.4 is 4.90 Å². The van der Waals surface area contributed by atoms with Crippen LogP contribution in [0.15, 0.2) is 241 Å². The largest absolute Gasteiger partial charge is 0.455 e. The number of fused-ring (bicyclic) bond motifs is 8. The third-order valence-electron chi connectivity index (χ3n) is 12.5. The number of benzene rings is 11. The summed E-state index contributed by atoms with van der Waals surface area (Å²) >= 11 is 0. The second-order valence-electron chi connectivity index (χ2n) is 16.1. The zero-order chi connectivity index (χ0) is 41.0. The first kappa shape index (κ1) is 35.7. The van der Waals surface area contributed by atoms with Gasteiger partial charge in [-0.2, -0.15) is 0 Å². The Balaban J connectivity index is 0.941. The highest BCUT2D eigenvalue weighted by molar-refractivity contribution is 6.19. The van der Waals surface area contributed by atoms with Crippen molar-refractivity contribution < 1.29 is 4.42 Å². The van der Waals surface area contributed by atoms with Crippen molar-refractivity contribution in [2.45, 2.75) is 0 Å². The predicted octanol–water partition coefficient (Wildman–Crippen LogP) is 17.2. The van der Waals surface area contributed by atoms with Crippen LogP contribution in [-0.2, 0) is 0 Å². The summed E-state index contributed by atoms with van der Waals surface area (Å²) in [5.74, 6) is 0. The van der Waals surface area contributed by atoms with E-state index in [2.05, 4.69) is 241 Å². The smallest absolute Gasteiger partial charge is 0.143 e. The van der Waals surface area contributed by atoms with Gasteiger partial charge in [0.2, 0.25) is 0 Å². The summed E-state index contributed by atoms with van der Waals surface area (Å²) in [6.45, 7) is 0. The minimum atomic E-state index is 0.897. The van der Waals surface area contributed by atoms with Crippen molar-refractivity contribution in [2.24, 2.45) is 0 Å². The van der Waals surface area contributed by atoms with Crippen LogP contribution in [0.3, 0.4) is 0 Å². The second kappa shape index (κ2) is 14.8. The summed E-state index contributed by atoms with van der Waals surface area (Å²) in [7, 11) is 0. The monoisotopic (exact) mass is 789 g/mol. The highest BCUT2D eigenvalue weighted by Crippen LogP contribution is 2.43. The number of hydrogen-bond donors (Lipinski definition) is 0. The maximum absolute atomic E-state index is 6.55. The van der Waals surface area contributed by atoms with E-state index < -0.39 is 0 Å². The van der Waals surface area contributed by atoms with Gasteiger partial charge in [0, 0.05) is 33.2 Å². The quantitative estimate of drug-likeness (QED) is 0.150. The van der Waals surface area contributed by atoms with Gasteiger partial charge in [-0.1, -0.05) is 182 Å². The molecule has 2 nitrogen and oxygen atoms in total. The van der Waals surface area contributed by atoms with Gasteiger partial charge in [-0.25, -0.2) is 0 Å². The Morgan fingerprint density at radius 1 is 0.274 bits per heavy atom. The highest BCUT2D eigenvalue weighted by Gasteiger charge is 2.18. The molecule has 0 saturated carbocycles. The standard InChI is InChI=1S/C60H39NO/c1-2-11-40(12-3-1)41-21-23-42(24-22-41)43-25-32-48(33-26-43)61(50-36-29-46(30-37-50)57-39-47-14-5-6-15-51(47)54-17-8-9-18-55(54)57)49-34-27-45(28-35-49)52-19-10-20-58-59(52)56-38-31-44-13-4-7-16-53(44)60(56)62-58/h1-39H. The summed E-state index contributed by atoms with van der Waals surface area (Å²) in [5, 5.41) is 9.64. The SMILES string of the molecule is c1ccc(-c2ccc(-c3ccc(N(c4ccc(-c5cc6ccccc6c6ccccc56)cc4)c4ccc(-c5cccc6oc7c8ccccc8ccc7c56)cc4)cc3)cc2)cc1. The van der Waals surface area contributed by atoms with Crippen LogP contribution >= 0.6 is 0 Å². The van der Waals surface area contributed by atoms with Crippen molar-refractivity contribution in [1.82, 2.24) is 0 Å². The Kier molecular flexibility index (Phi) is 8.53. The minimum absolute atomic E-state index is 0.897. The summed E-state index contributed by atoms with van der Waals surface area (Å²) in [4.78, 5) is 2.36. The van der Waals surface area contributed by atoms with Crippen LogP contribution in [0.1, 0.15) is 0 Å². The number of hydrogen-bond acceptors (Lipinski definition) is 2. The molecule has 2 heteroatoms. The molecule has 0 spiro atoms. The average molecular weight is 790 g/mol. The fourth-order valence-electron chi connectivity index (χ4n) is 9.40. The summed E-state index contributed by atoms with van der Waals surface area (Å²) in [6, 6.07) is 85.4. The Labute approximate surface area is 360 Å². The van der Waals surface area contributed by atoms with Gasteiger partial charge in [-0.05, 0) is 126 Å². The summed E-state index contributed by atoms with van der Waals surface area (Å²) in [5.41, 5.74) is 14.6. The molecule has 0 aliphatic rings. The normalized spacial score (nSPS) is 11.5. The van der Waals surface area contributed by atoms with E-state index in [1.165, 1.54) is 60.3 Å². The van der Waals surface area contributed by atoms with Gasteiger partial charge in [-0.3, -0.25) is 0 Å². The maximum Gasteiger partial charge on any atom is 0.143 e. The van der Waals surface area contributed by atoms with Crippen LogP contribution in [0.25, 0.3) is 98.8 Å². The van der Waals surface area contributed by atoms with Crippen LogP contribution in [0, 0.1) is 0 Å². The lowest BCUT2D eigenvalue weighted by Gasteiger charge is -2.26. The van der Waals surface area contributed by atoms with Gasteiger partial charge < -0.3 is 9.32 Å². The molecule has 0 amide bonds. The summed E-state index contributed by atoms with van der Waals surface area (Å²) in [6.07, 6.45) is 0. The molecular formula is C60H39NO. The van der Waals surface area contributed by atoms with E-state index >= 15 is 0 Å². The fourth-order valence-corrected chi connectivity index (χ4v) is 9.40. The van der Waals surface area contributed by atoms with Crippen LogP contribution in [0.2, 0.25) is 0 Å². The molecule has 0 aliphatic carbocycles. The van der Waals surface area contributed by atoms with Crippen LogP contribution in [0.4, 0.5) is 17.1 Å². The lowest BCUT2D eigenvalue weighted by molar-refractivity contribution is 0.673. The van der Waals surface area contributed by atoms with Gasteiger partial charge in [0.25, 0.3) is 0 Å². The minimum Gasteiger partial charge on any atom is -0.455 e. The maximum atomic E-state index is 6.55. The molecule has 1 aromatic heterocycles. The fraction of sp³-hybridized carbons (Fsp3) is 0. The Morgan fingerprint density at radius 3 is 1.40 bits per heavy atom. The third-order valence-corrected chi connectivity index (χ3v) is 12.5. The third kappa shape index (κ3) is 6.12. The Morgan fingerprint density at radius 2 is 0.758 bits per heavy atom. The van der Waals surface area contributed by atoms with Crippen molar-refractivity contribution in [1.29, 1.82) is 0 Å². The van der Waals surface area contributed by atoms with Gasteiger partial charge in [0.05, 0.1) is 0 Å². The van der Waals surface area contributed by atoms with E-state index in [0.717, 1.165) is 55.5 Å². The van der Waals surface area contributed by atoms with Crippen molar-refractivity contribution in [3.63, 3.8) is 0 Å². The number of furan rings is 1. The first-order valence-corrected chi connectivity index (χ1v) is 21.2. The second-order valence-corrected chi connectivity index (χ2v) is 16.1. The molecule has 12 rings (SSSR count). The van der Waals surface area contributed by atoms with E-state index in [0.29, 0.717) is 0 Å². The zero-order valence-corrected chi connectivity index (χ0v) is 33.9. The van der Waals surface area contributed by atoms with Crippen molar-refractivity contribution in [3.05, 3.63) is 237 Å². The lowest BCUT2D eigenvalue weighted by atomic mass is 9.93. The summed E-state index contributed by atoms with van der Waals surface area (Å²) < 4.78 is 6.55. The van der Waals surface area contributed by atoms with Crippen LogP contribution in [-0.4, -0.2) is 0 Å². The van der Waals surface area contributed by atoms with Gasteiger partial charge in [0.1, 0.15) is 11.2 Å². The van der Waals surface area contributed by atoms with E-state index in [1.54, 1.807) is 0 Å². The lowest BCUT2D eigenvalue weighted by Crippen LogP contribution is -2.09. The van der Waals surface area contributed by atoms with E-state index in [9.17, 15) is 0 Å². The zero-order valence-electron chi connectivity index (χ0n) is 33.9. The molecule has 12 aromatic rings. The van der Waals surface area contributed by atoms with Crippen molar-refractivity contribution in [2.75, 3.05) is 4.90 Å². The molecule has 0 N–H and O–H groups in total. The molecule has 0 radical (unpaired) electrons. The topological polar surface area (TPSA) is 16.4 Å². The van der Waals surface area contributed by atoms with E-state index in [4.69, 9.17) is 4.42 Å². The number of anilines is 3. The predicted molar refractivity (Wildman–Crippen MR) is 263 cm³/mol. The van der Waals surface area contributed by atoms with Crippen LogP contribution in [0.5, 0.6) is 0 Å². The van der Waals surface area contributed by atoms with Gasteiger partial charge >= 0.3 is 0 Å². The average Bonchev–Trinajstić information content (AvgIpc) is 3.75. The molecule has 0 saturated heterocycles. The molecule has 11 aromatic carbocycles. The first-order valence-electron chi connectivity index (χ1n) is 21.2. The number of rotatable bonds is 7. The van der Waals surface area contributed by atoms with Gasteiger partial charge in [-0.15, -0.1) is 0 Å². The Bertz CT molecular complexity index is 3590. The van der Waals surface area contributed by atoms with E-state index in [1.807, 2.05) is 0 Å². The first-order chi connectivity index (χ1) is 30.7. The highest BCUT2D eigenvalue weighted by atomic mass is 16.3. The molecule has 0 unspecified atom stereocenters. The number of nitrogens with zero attached hydrogens (tertiary/aromatic N) is 1. The molecular weight excluding hydrogens is 751 g/mol. The molecule has 290 valence electrons. The van der Waals surface area contributed by atoms with Crippen molar-refractivity contribution >= 4 is 71.3 Å². The Hall–Kier alpha value is -8.20. The molecule has 0 fully saturated rings.